The van der Waals surface area contributed by atoms with Gasteiger partial charge in [0.15, 0.2) is 0 Å². The van der Waals surface area contributed by atoms with Gasteiger partial charge >= 0.3 is 5.97 Å². The molecule has 0 bridgehead atoms. The second-order valence-electron chi connectivity index (χ2n) is 10.5. The van der Waals surface area contributed by atoms with E-state index in [2.05, 4.69) is 15.6 Å². The lowest BCUT2D eigenvalue weighted by Gasteiger charge is -2.18. The van der Waals surface area contributed by atoms with Crippen molar-refractivity contribution >= 4 is 40.3 Å². The van der Waals surface area contributed by atoms with Crippen molar-refractivity contribution < 1.29 is 28.3 Å². The van der Waals surface area contributed by atoms with Gasteiger partial charge in [0.25, 0.3) is 11.8 Å². The molecule has 1 heterocycles. The normalized spacial score (nSPS) is 12.2. The van der Waals surface area contributed by atoms with Gasteiger partial charge in [0.2, 0.25) is 0 Å². The number of carbonyl (C=O) groups excluding carboxylic acids is 2. The summed E-state index contributed by atoms with van der Waals surface area (Å²) in [5.41, 5.74) is 2.03. The second-order valence-corrected chi connectivity index (χ2v) is 10.9. The van der Waals surface area contributed by atoms with E-state index in [1.165, 1.54) is 6.07 Å². The average Bonchev–Trinajstić information content (AvgIpc) is 3.04. The van der Waals surface area contributed by atoms with Crippen LogP contribution in [-0.4, -0.2) is 33.9 Å². The Bertz CT molecular complexity index is 2010. The zero-order chi connectivity index (χ0) is 33.0. The fraction of sp³-hybridized carbons (Fsp3) is 0.114. The molecule has 4 aromatic carbocycles. The topological polar surface area (TPSA) is 132 Å². The lowest BCUT2D eigenvalue weighted by Crippen LogP contribution is -2.43. The largest absolute Gasteiger partial charge is 0.480 e. The van der Waals surface area contributed by atoms with Gasteiger partial charge in [-0.25, -0.2) is 13.6 Å². The van der Waals surface area contributed by atoms with Crippen molar-refractivity contribution in [3.8, 4) is 17.2 Å². The second kappa shape index (κ2) is 13.5. The number of amides is 2. The van der Waals surface area contributed by atoms with Gasteiger partial charge in [0.1, 0.15) is 23.2 Å². The first-order valence-electron chi connectivity index (χ1n) is 14.0. The molecule has 1 aromatic heterocycles. The van der Waals surface area contributed by atoms with Crippen molar-refractivity contribution in [1.82, 2.24) is 15.6 Å². The Morgan fingerprint density at radius 3 is 2.26 bits per heavy atom. The van der Waals surface area contributed by atoms with E-state index in [-0.39, 0.29) is 12.0 Å². The van der Waals surface area contributed by atoms with Crippen LogP contribution in [0.5, 0.6) is 0 Å². The summed E-state index contributed by atoms with van der Waals surface area (Å²) in [7, 11) is 0. The smallest absolute Gasteiger partial charge is 0.326 e. The maximum atomic E-state index is 15.1. The highest BCUT2D eigenvalue weighted by Gasteiger charge is 2.27. The van der Waals surface area contributed by atoms with Crippen molar-refractivity contribution in [2.45, 2.75) is 25.4 Å². The molecule has 2 amide bonds. The molecule has 0 fully saturated rings. The van der Waals surface area contributed by atoms with Crippen LogP contribution >= 0.6 is 11.6 Å². The van der Waals surface area contributed by atoms with Gasteiger partial charge in [0.05, 0.1) is 23.2 Å². The molecular formula is C35H25ClF2N4O4. The first-order valence-corrected chi connectivity index (χ1v) is 14.4. The van der Waals surface area contributed by atoms with Crippen molar-refractivity contribution in [2.75, 3.05) is 0 Å². The van der Waals surface area contributed by atoms with E-state index < -0.39 is 47.1 Å². The number of hydrogen-bond acceptors (Lipinski definition) is 5. The Labute approximate surface area is 267 Å². The fourth-order valence-corrected chi connectivity index (χ4v) is 5.39. The predicted molar refractivity (Wildman–Crippen MR) is 168 cm³/mol. The number of nitrogens with zero attached hydrogens (tertiary/aromatic N) is 2. The first-order chi connectivity index (χ1) is 22.1. The van der Waals surface area contributed by atoms with E-state index >= 15 is 8.78 Å². The van der Waals surface area contributed by atoms with Crippen LogP contribution in [-0.2, 0) is 11.2 Å². The van der Waals surface area contributed by atoms with Crippen molar-refractivity contribution in [2.24, 2.45) is 0 Å². The summed E-state index contributed by atoms with van der Waals surface area (Å²) < 4.78 is 30.2. The number of aliphatic carboxylic acids is 1. The van der Waals surface area contributed by atoms with Gasteiger partial charge in [-0.3, -0.25) is 14.6 Å². The Morgan fingerprint density at radius 1 is 0.913 bits per heavy atom. The molecule has 8 nitrogen and oxygen atoms in total. The van der Waals surface area contributed by atoms with E-state index in [1.807, 2.05) is 12.1 Å². The Kier molecular flexibility index (Phi) is 9.35. The molecule has 3 N–H and O–H groups in total. The third-order valence-electron chi connectivity index (χ3n) is 7.45. The number of fused-ring (bicyclic) bond motifs is 1. The van der Waals surface area contributed by atoms with E-state index in [4.69, 9.17) is 16.9 Å². The number of carboxylic acid groups (broad SMARTS) is 1. The number of halogens is 3. The number of rotatable bonds is 9. The van der Waals surface area contributed by atoms with Crippen LogP contribution in [0.3, 0.4) is 0 Å². The maximum absolute atomic E-state index is 15.1. The number of aromatic nitrogens is 1. The molecule has 0 aliphatic heterocycles. The summed E-state index contributed by atoms with van der Waals surface area (Å²) >= 11 is 6.44. The Morgan fingerprint density at radius 2 is 1.61 bits per heavy atom. The highest BCUT2D eigenvalue weighted by molar-refractivity contribution is 6.33. The maximum Gasteiger partial charge on any atom is 0.326 e. The molecule has 0 aliphatic rings. The van der Waals surface area contributed by atoms with Crippen molar-refractivity contribution in [3.05, 3.63) is 136 Å². The minimum atomic E-state index is -1.58. The standard InChI is InChI=1S/C35H25ClF2N4O4/c1-19(21-6-3-2-4-7-21)41-33(43)23-15-28(37)31(29(38)16-23)34(44)42-30(35(45)46)17-22-10-12-26(32-24(22)8-5-13-40-32)25-11-9-20(18-39)14-27(25)36/h2-16,19,30H,17H2,1H3,(H,41,43)(H,42,44)(H,45,46)/t19-,30?/m1/s1. The molecule has 0 aliphatic carbocycles. The van der Waals surface area contributed by atoms with Gasteiger partial charge in [-0.05, 0) is 48.4 Å². The predicted octanol–water partition coefficient (Wildman–Crippen LogP) is 6.62. The Balaban J connectivity index is 1.38. The zero-order valence-corrected chi connectivity index (χ0v) is 25.0. The quantitative estimate of drug-likeness (QED) is 0.166. The van der Waals surface area contributed by atoms with Crippen molar-refractivity contribution in [1.29, 1.82) is 5.26 Å². The number of hydrogen-bond donors (Lipinski definition) is 3. The summed E-state index contributed by atoms with van der Waals surface area (Å²) in [6, 6.07) is 22.0. The van der Waals surface area contributed by atoms with Gasteiger partial charge < -0.3 is 15.7 Å². The van der Waals surface area contributed by atoms with E-state index in [9.17, 15) is 19.5 Å². The molecule has 1 unspecified atom stereocenters. The molecule has 0 radical (unpaired) electrons. The van der Waals surface area contributed by atoms with Crippen LogP contribution in [0.2, 0.25) is 5.02 Å². The van der Waals surface area contributed by atoms with E-state index in [0.29, 0.717) is 38.2 Å². The average molecular weight is 639 g/mol. The minimum absolute atomic E-state index is 0.244. The number of benzene rings is 4. The monoisotopic (exact) mass is 638 g/mol. The van der Waals surface area contributed by atoms with Crippen LogP contribution < -0.4 is 10.6 Å². The summed E-state index contributed by atoms with van der Waals surface area (Å²) in [5, 5.41) is 24.9. The SMILES string of the molecule is C[C@@H](NC(=O)c1cc(F)c(C(=O)NC(Cc2ccc(-c3ccc(C#N)cc3Cl)c3ncccc23)C(=O)O)c(F)c1)c1ccccc1. The molecule has 5 aromatic rings. The lowest BCUT2D eigenvalue weighted by molar-refractivity contribution is -0.139. The number of nitrogens with one attached hydrogen (secondary N) is 2. The van der Waals surface area contributed by atoms with Crippen LogP contribution in [0.15, 0.2) is 91.1 Å². The third-order valence-corrected chi connectivity index (χ3v) is 7.77. The van der Waals surface area contributed by atoms with Crippen LogP contribution in [0, 0.1) is 23.0 Å². The molecule has 0 saturated carbocycles. The number of pyridine rings is 1. The summed E-state index contributed by atoms with van der Waals surface area (Å²) in [6.07, 6.45) is 1.31. The number of carboxylic acids is 1. The minimum Gasteiger partial charge on any atom is -0.480 e. The van der Waals surface area contributed by atoms with Gasteiger partial charge in [-0.15, -0.1) is 0 Å². The van der Waals surface area contributed by atoms with Gasteiger partial charge in [0, 0.05) is 39.7 Å². The summed E-state index contributed by atoms with van der Waals surface area (Å²) in [4.78, 5) is 42.4. The van der Waals surface area contributed by atoms with E-state index in [1.54, 1.807) is 73.8 Å². The first kappa shape index (κ1) is 31.8. The molecule has 0 spiro atoms. The van der Waals surface area contributed by atoms with Crippen LogP contribution in [0.1, 0.15) is 50.4 Å². The van der Waals surface area contributed by atoms with Gasteiger partial charge in [-0.1, -0.05) is 66.2 Å². The van der Waals surface area contributed by atoms with Crippen molar-refractivity contribution in [3.63, 3.8) is 0 Å². The van der Waals surface area contributed by atoms with E-state index in [0.717, 1.165) is 17.7 Å². The molecule has 46 heavy (non-hydrogen) atoms. The third kappa shape index (κ3) is 6.70. The summed E-state index contributed by atoms with van der Waals surface area (Å²) in [6.45, 7) is 1.71. The Hall–Kier alpha value is -5.66. The number of carbonyl (C=O) groups is 3. The lowest BCUT2D eigenvalue weighted by atomic mass is 9.94. The van der Waals surface area contributed by atoms with Gasteiger partial charge in [-0.2, -0.15) is 5.26 Å². The molecule has 11 heteroatoms. The summed E-state index contributed by atoms with van der Waals surface area (Å²) in [5.74, 6) is -6.13. The molecule has 2 atom stereocenters. The highest BCUT2D eigenvalue weighted by Crippen LogP contribution is 2.35. The molecule has 5 rings (SSSR count). The molecule has 230 valence electrons. The fourth-order valence-electron chi connectivity index (χ4n) is 5.11. The number of nitriles is 1. The van der Waals surface area contributed by atoms with Crippen LogP contribution in [0.4, 0.5) is 8.78 Å². The highest BCUT2D eigenvalue weighted by atomic mass is 35.5. The zero-order valence-electron chi connectivity index (χ0n) is 24.2. The molecular weight excluding hydrogens is 614 g/mol. The molecule has 0 saturated heterocycles. The van der Waals surface area contributed by atoms with Crippen LogP contribution in [0.25, 0.3) is 22.0 Å².